The second-order valence-electron chi connectivity index (χ2n) is 5.45. The second kappa shape index (κ2) is 6.51. The van der Waals surface area contributed by atoms with Crippen LogP contribution in [-0.2, 0) is 0 Å². The molecule has 0 aromatic carbocycles. The molecule has 0 spiro atoms. The van der Waals surface area contributed by atoms with Crippen LogP contribution in [0.15, 0.2) is 27.8 Å². The maximum Gasteiger partial charge on any atom is 0.320 e. The molecule has 0 aliphatic carbocycles. The van der Waals surface area contributed by atoms with Crippen molar-refractivity contribution in [3.8, 4) is 0 Å². The van der Waals surface area contributed by atoms with Crippen molar-refractivity contribution in [3.05, 3.63) is 34.6 Å². The number of hydrogen-bond donors (Lipinski definition) is 3. The third-order valence-corrected chi connectivity index (χ3v) is 3.61. The van der Waals surface area contributed by atoms with E-state index in [0.29, 0.717) is 23.9 Å². The zero-order valence-corrected chi connectivity index (χ0v) is 12.7. The number of rotatable bonds is 3. The highest BCUT2D eigenvalue weighted by atomic mass is 16.5. The van der Waals surface area contributed by atoms with Gasteiger partial charge in [-0.25, -0.2) is 9.78 Å². The highest BCUT2D eigenvalue weighted by Gasteiger charge is 2.24. The average molecular weight is 318 g/mol. The van der Waals surface area contributed by atoms with Crippen molar-refractivity contribution >= 4 is 17.7 Å². The third kappa shape index (κ3) is 3.68. The first kappa shape index (κ1) is 15.1. The van der Waals surface area contributed by atoms with Gasteiger partial charge in [-0.2, -0.15) is 0 Å². The van der Waals surface area contributed by atoms with Crippen LogP contribution in [0.2, 0.25) is 0 Å². The lowest BCUT2D eigenvalue weighted by molar-refractivity contribution is 0.246. The van der Waals surface area contributed by atoms with E-state index in [4.69, 9.17) is 4.52 Å². The van der Waals surface area contributed by atoms with Gasteiger partial charge in [0.25, 0.3) is 5.56 Å². The molecule has 1 fully saturated rings. The predicted molar refractivity (Wildman–Crippen MR) is 83.5 cm³/mol. The van der Waals surface area contributed by atoms with Gasteiger partial charge in [0.2, 0.25) is 0 Å². The number of amides is 2. The summed E-state index contributed by atoms with van der Waals surface area (Å²) in [6.45, 7) is 3.02. The first-order valence-electron chi connectivity index (χ1n) is 7.41. The van der Waals surface area contributed by atoms with E-state index < -0.39 is 0 Å². The number of urea groups is 1. The number of aryl methyl sites for hydroxylation is 1. The Hall–Kier alpha value is -2.84. The number of aromatic nitrogens is 3. The van der Waals surface area contributed by atoms with Gasteiger partial charge in [0.05, 0.1) is 0 Å². The summed E-state index contributed by atoms with van der Waals surface area (Å²) in [7, 11) is 0. The SMILES string of the molecule is Cc1cc(NC(=O)N[C@H]2CCCN(c3ncc[nH]c3=O)C2)no1. The quantitative estimate of drug-likeness (QED) is 0.773. The highest BCUT2D eigenvalue weighted by molar-refractivity contribution is 5.88. The van der Waals surface area contributed by atoms with Crippen molar-refractivity contribution in [1.29, 1.82) is 0 Å². The molecule has 1 atom stereocenters. The van der Waals surface area contributed by atoms with Crippen LogP contribution in [0.3, 0.4) is 0 Å². The Morgan fingerprint density at radius 2 is 2.39 bits per heavy atom. The molecular formula is C14H18N6O3. The third-order valence-electron chi connectivity index (χ3n) is 3.61. The molecule has 3 N–H and O–H groups in total. The Balaban J connectivity index is 1.59. The molecule has 0 bridgehead atoms. The molecule has 9 nitrogen and oxygen atoms in total. The fourth-order valence-corrected chi connectivity index (χ4v) is 2.62. The molecule has 9 heteroatoms. The van der Waals surface area contributed by atoms with Crippen LogP contribution in [0, 0.1) is 6.92 Å². The molecule has 0 radical (unpaired) electrons. The van der Waals surface area contributed by atoms with Gasteiger partial charge in [-0.1, -0.05) is 5.16 Å². The molecule has 2 aromatic rings. The highest BCUT2D eigenvalue weighted by Crippen LogP contribution is 2.14. The topological polar surface area (TPSA) is 116 Å². The summed E-state index contributed by atoms with van der Waals surface area (Å²) in [5, 5.41) is 9.21. The Morgan fingerprint density at radius 1 is 1.52 bits per heavy atom. The smallest absolute Gasteiger partial charge is 0.320 e. The van der Waals surface area contributed by atoms with E-state index in [1.807, 2.05) is 4.90 Å². The van der Waals surface area contributed by atoms with E-state index in [2.05, 4.69) is 25.8 Å². The van der Waals surface area contributed by atoms with E-state index in [1.165, 1.54) is 6.20 Å². The predicted octanol–water partition coefficient (Wildman–Crippen LogP) is 0.857. The van der Waals surface area contributed by atoms with E-state index in [1.54, 1.807) is 19.2 Å². The monoisotopic (exact) mass is 318 g/mol. The first-order valence-corrected chi connectivity index (χ1v) is 7.41. The van der Waals surface area contributed by atoms with Gasteiger partial charge in [-0.15, -0.1) is 0 Å². The normalized spacial score (nSPS) is 17.8. The lowest BCUT2D eigenvalue weighted by Gasteiger charge is -2.33. The van der Waals surface area contributed by atoms with Gasteiger partial charge in [-0.05, 0) is 19.8 Å². The number of H-pyrrole nitrogens is 1. The minimum atomic E-state index is -0.347. The molecule has 23 heavy (non-hydrogen) atoms. The van der Waals surface area contributed by atoms with E-state index >= 15 is 0 Å². The maximum absolute atomic E-state index is 12.0. The van der Waals surface area contributed by atoms with Gasteiger partial charge in [0, 0.05) is 37.6 Å². The Morgan fingerprint density at radius 3 is 3.13 bits per heavy atom. The second-order valence-corrected chi connectivity index (χ2v) is 5.45. The van der Waals surface area contributed by atoms with Crippen molar-refractivity contribution in [2.24, 2.45) is 0 Å². The van der Waals surface area contributed by atoms with Crippen molar-refractivity contribution in [2.75, 3.05) is 23.3 Å². The van der Waals surface area contributed by atoms with Crippen LogP contribution in [-0.4, -0.2) is 40.3 Å². The van der Waals surface area contributed by atoms with Crippen LogP contribution in [0.25, 0.3) is 0 Å². The molecule has 1 aliphatic heterocycles. The standard InChI is InChI=1S/C14H18N6O3/c1-9-7-11(19-23-9)18-14(22)17-10-3-2-6-20(8-10)12-13(21)16-5-4-15-12/h4-5,7,10H,2-3,6,8H2,1H3,(H,16,21)(H2,17,18,19,22)/t10-/m0/s1. The van der Waals surface area contributed by atoms with Crippen LogP contribution in [0.5, 0.6) is 0 Å². The number of anilines is 2. The van der Waals surface area contributed by atoms with Gasteiger partial charge >= 0.3 is 6.03 Å². The summed E-state index contributed by atoms with van der Waals surface area (Å²) in [6, 6.07) is 1.22. The molecule has 3 heterocycles. The van der Waals surface area contributed by atoms with Crippen molar-refractivity contribution in [3.63, 3.8) is 0 Å². The van der Waals surface area contributed by atoms with Crippen LogP contribution in [0.4, 0.5) is 16.4 Å². The Bertz CT molecular complexity index is 740. The zero-order chi connectivity index (χ0) is 16.2. The van der Waals surface area contributed by atoms with Gasteiger partial charge in [0.1, 0.15) is 5.76 Å². The largest absolute Gasteiger partial charge is 0.360 e. The van der Waals surface area contributed by atoms with Crippen LogP contribution in [0.1, 0.15) is 18.6 Å². The number of hydrogen-bond acceptors (Lipinski definition) is 6. The molecule has 2 aromatic heterocycles. The first-order chi connectivity index (χ1) is 11.1. The zero-order valence-electron chi connectivity index (χ0n) is 12.7. The molecular weight excluding hydrogens is 300 g/mol. The lowest BCUT2D eigenvalue weighted by atomic mass is 10.1. The number of aromatic amines is 1. The molecule has 0 saturated carbocycles. The van der Waals surface area contributed by atoms with E-state index in [9.17, 15) is 9.59 Å². The number of carbonyl (C=O) groups is 1. The number of carbonyl (C=O) groups excluding carboxylic acids is 1. The van der Waals surface area contributed by atoms with Gasteiger partial charge in [-0.3, -0.25) is 10.1 Å². The molecule has 122 valence electrons. The number of nitrogens with zero attached hydrogens (tertiary/aromatic N) is 3. The summed E-state index contributed by atoms with van der Waals surface area (Å²) < 4.78 is 4.90. The van der Waals surface area contributed by atoms with Gasteiger partial charge in [0.15, 0.2) is 11.6 Å². The minimum absolute atomic E-state index is 0.0712. The van der Waals surface area contributed by atoms with Gasteiger partial charge < -0.3 is 19.7 Å². The fourth-order valence-electron chi connectivity index (χ4n) is 2.62. The van der Waals surface area contributed by atoms with E-state index in [-0.39, 0.29) is 17.6 Å². The summed E-state index contributed by atoms with van der Waals surface area (Å²) >= 11 is 0. The van der Waals surface area contributed by atoms with Crippen LogP contribution < -0.4 is 21.1 Å². The summed E-state index contributed by atoms with van der Waals surface area (Å²) in [6.07, 6.45) is 4.75. The van der Waals surface area contributed by atoms with E-state index in [0.717, 1.165) is 19.4 Å². The van der Waals surface area contributed by atoms with Crippen molar-refractivity contribution < 1.29 is 9.32 Å². The average Bonchev–Trinajstić information content (AvgIpc) is 2.93. The van der Waals surface area contributed by atoms with Crippen LogP contribution >= 0.6 is 0 Å². The molecule has 0 unspecified atom stereocenters. The van der Waals surface area contributed by atoms with Crippen molar-refractivity contribution in [1.82, 2.24) is 20.4 Å². The molecule has 1 aliphatic rings. The summed E-state index contributed by atoms with van der Waals surface area (Å²) in [5.74, 6) is 1.37. The fraction of sp³-hybridized carbons (Fsp3) is 0.429. The minimum Gasteiger partial charge on any atom is -0.360 e. The summed E-state index contributed by atoms with van der Waals surface area (Å²) in [4.78, 5) is 32.4. The summed E-state index contributed by atoms with van der Waals surface area (Å²) in [5.41, 5.74) is -0.226. The Kier molecular flexibility index (Phi) is 4.26. The molecule has 2 amide bonds. The van der Waals surface area contributed by atoms with Crippen molar-refractivity contribution in [2.45, 2.75) is 25.8 Å². The molecule has 3 rings (SSSR count). The Labute approximate surface area is 132 Å². The lowest BCUT2D eigenvalue weighted by Crippen LogP contribution is -2.50. The number of nitrogens with one attached hydrogen (secondary N) is 3. The molecule has 1 saturated heterocycles. The number of piperidine rings is 1. The maximum atomic E-state index is 12.0.